The van der Waals surface area contributed by atoms with Gasteiger partial charge in [0, 0.05) is 28.7 Å². The van der Waals surface area contributed by atoms with Crippen LogP contribution in [0.3, 0.4) is 0 Å². The van der Waals surface area contributed by atoms with Gasteiger partial charge in [-0.15, -0.1) is 0 Å². The molecule has 2 aliphatic rings. The van der Waals surface area contributed by atoms with Gasteiger partial charge in [0.05, 0.1) is 4.47 Å². The van der Waals surface area contributed by atoms with Gasteiger partial charge in [-0.2, -0.15) is 0 Å². The maximum atomic E-state index is 10.3. The zero-order chi connectivity index (χ0) is 14.1. The summed E-state index contributed by atoms with van der Waals surface area (Å²) in [4.78, 5) is 2.65. The topological polar surface area (TPSA) is 23.5 Å². The van der Waals surface area contributed by atoms with Crippen molar-refractivity contribution in [2.24, 2.45) is 0 Å². The summed E-state index contributed by atoms with van der Waals surface area (Å²) in [5, 5.41) is 10.3. The maximum absolute atomic E-state index is 10.3. The molecule has 1 aromatic carbocycles. The SMILES string of the molecule is Oc1c(Br)cc(Br)cc1CN(C1CCCCC1)C1CC1. The quantitative estimate of drug-likeness (QED) is 0.746. The summed E-state index contributed by atoms with van der Waals surface area (Å²) >= 11 is 6.96. The normalized spacial score (nSPS) is 20.6. The first kappa shape index (κ1) is 14.9. The Labute approximate surface area is 137 Å². The lowest BCUT2D eigenvalue weighted by molar-refractivity contribution is 0.138. The minimum atomic E-state index is 0.398. The molecule has 0 unspecified atom stereocenters. The zero-order valence-electron chi connectivity index (χ0n) is 11.6. The van der Waals surface area contributed by atoms with Crippen molar-refractivity contribution in [1.82, 2.24) is 4.90 Å². The van der Waals surface area contributed by atoms with Crippen molar-refractivity contribution < 1.29 is 5.11 Å². The van der Waals surface area contributed by atoms with Crippen LogP contribution in [0.2, 0.25) is 0 Å². The number of halogens is 2. The Morgan fingerprint density at radius 1 is 1.00 bits per heavy atom. The van der Waals surface area contributed by atoms with Crippen molar-refractivity contribution in [2.75, 3.05) is 0 Å². The highest BCUT2D eigenvalue weighted by Crippen LogP contribution is 2.38. The van der Waals surface area contributed by atoms with Crippen LogP contribution in [-0.4, -0.2) is 22.1 Å². The summed E-state index contributed by atoms with van der Waals surface area (Å²) in [6.45, 7) is 0.874. The molecule has 2 saturated carbocycles. The first-order valence-electron chi connectivity index (χ1n) is 7.58. The van der Waals surface area contributed by atoms with E-state index in [0.717, 1.165) is 27.1 Å². The minimum absolute atomic E-state index is 0.398. The smallest absolute Gasteiger partial charge is 0.134 e. The van der Waals surface area contributed by atoms with E-state index in [4.69, 9.17) is 0 Å². The molecular weight excluding hydrogens is 382 g/mol. The molecule has 2 nitrogen and oxygen atoms in total. The lowest BCUT2D eigenvalue weighted by Gasteiger charge is -2.34. The lowest BCUT2D eigenvalue weighted by Crippen LogP contribution is -2.38. The highest BCUT2D eigenvalue weighted by molar-refractivity contribution is 9.11. The number of phenolic OH excluding ortho intramolecular Hbond substituents is 1. The fourth-order valence-corrected chi connectivity index (χ4v) is 4.63. The third-order valence-electron chi connectivity index (χ3n) is 4.52. The third-order valence-corrected chi connectivity index (χ3v) is 5.58. The van der Waals surface area contributed by atoms with Crippen LogP contribution in [0.15, 0.2) is 21.1 Å². The van der Waals surface area contributed by atoms with Gasteiger partial charge in [0.15, 0.2) is 0 Å². The molecule has 0 spiro atoms. The van der Waals surface area contributed by atoms with E-state index >= 15 is 0 Å². The minimum Gasteiger partial charge on any atom is -0.506 e. The summed E-state index contributed by atoms with van der Waals surface area (Å²) in [6.07, 6.45) is 9.42. The summed E-state index contributed by atoms with van der Waals surface area (Å²) in [6, 6.07) is 5.42. The monoisotopic (exact) mass is 401 g/mol. The van der Waals surface area contributed by atoms with E-state index in [1.54, 1.807) is 0 Å². The van der Waals surface area contributed by atoms with E-state index in [2.05, 4.69) is 42.8 Å². The van der Waals surface area contributed by atoms with Crippen LogP contribution in [0.1, 0.15) is 50.5 Å². The van der Waals surface area contributed by atoms with Gasteiger partial charge < -0.3 is 5.11 Å². The third kappa shape index (κ3) is 3.40. The Hall–Kier alpha value is -0.0600. The van der Waals surface area contributed by atoms with Crippen LogP contribution >= 0.6 is 31.9 Å². The highest BCUT2D eigenvalue weighted by Gasteiger charge is 2.34. The molecule has 0 saturated heterocycles. The average Bonchev–Trinajstić information content (AvgIpc) is 3.26. The number of hydrogen-bond donors (Lipinski definition) is 1. The van der Waals surface area contributed by atoms with Crippen molar-refractivity contribution >= 4 is 31.9 Å². The van der Waals surface area contributed by atoms with E-state index in [1.165, 1.54) is 44.9 Å². The van der Waals surface area contributed by atoms with Crippen molar-refractivity contribution in [3.05, 3.63) is 26.6 Å². The van der Waals surface area contributed by atoms with Crippen LogP contribution in [0.4, 0.5) is 0 Å². The first-order chi connectivity index (χ1) is 9.65. The molecule has 4 heteroatoms. The van der Waals surface area contributed by atoms with E-state index < -0.39 is 0 Å². The first-order valence-corrected chi connectivity index (χ1v) is 9.16. The molecule has 0 amide bonds. The molecule has 0 aliphatic heterocycles. The molecule has 0 atom stereocenters. The Kier molecular flexibility index (Phi) is 4.73. The Balaban J connectivity index is 1.79. The van der Waals surface area contributed by atoms with Crippen LogP contribution in [-0.2, 0) is 6.54 Å². The van der Waals surface area contributed by atoms with Gasteiger partial charge in [0.1, 0.15) is 5.75 Å². The second-order valence-corrected chi connectivity index (χ2v) is 7.86. The standard InChI is InChI=1S/C16H21Br2NO/c17-12-8-11(16(20)15(18)9-12)10-19(14-6-7-14)13-4-2-1-3-5-13/h8-9,13-14,20H,1-7,10H2. The summed E-state index contributed by atoms with van der Waals surface area (Å²) in [5.74, 6) is 0.398. The Bertz CT molecular complexity index is 482. The summed E-state index contributed by atoms with van der Waals surface area (Å²) < 4.78 is 1.80. The predicted octanol–water partition coefficient (Wildman–Crippen LogP) is 5.21. The lowest BCUT2D eigenvalue weighted by atomic mass is 9.93. The van der Waals surface area contributed by atoms with Gasteiger partial charge in [-0.25, -0.2) is 0 Å². The van der Waals surface area contributed by atoms with Gasteiger partial charge in [0.25, 0.3) is 0 Å². The van der Waals surface area contributed by atoms with Gasteiger partial charge in [-0.05, 0) is 53.7 Å². The predicted molar refractivity (Wildman–Crippen MR) is 88.9 cm³/mol. The highest BCUT2D eigenvalue weighted by atomic mass is 79.9. The molecule has 0 radical (unpaired) electrons. The van der Waals surface area contributed by atoms with E-state index in [9.17, 15) is 5.11 Å². The van der Waals surface area contributed by atoms with Crippen molar-refractivity contribution in [2.45, 2.75) is 63.6 Å². The molecule has 1 aromatic rings. The number of hydrogen-bond acceptors (Lipinski definition) is 2. The van der Waals surface area contributed by atoms with E-state index in [1.807, 2.05) is 6.07 Å². The maximum Gasteiger partial charge on any atom is 0.134 e. The Morgan fingerprint density at radius 2 is 1.65 bits per heavy atom. The molecule has 0 aromatic heterocycles. The Morgan fingerprint density at radius 3 is 2.30 bits per heavy atom. The van der Waals surface area contributed by atoms with E-state index in [0.29, 0.717) is 11.8 Å². The van der Waals surface area contributed by atoms with Crippen LogP contribution in [0.5, 0.6) is 5.75 Å². The summed E-state index contributed by atoms with van der Waals surface area (Å²) in [5.41, 5.74) is 1.03. The molecular formula is C16H21Br2NO. The summed E-state index contributed by atoms with van der Waals surface area (Å²) in [7, 11) is 0. The molecule has 0 heterocycles. The second kappa shape index (κ2) is 6.37. The van der Waals surface area contributed by atoms with Crippen LogP contribution in [0.25, 0.3) is 0 Å². The molecule has 20 heavy (non-hydrogen) atoms. The number of rotatable bonds is 4. The molecule has 2 fully saturated rings. The number of phenols is 1. The number of nitrogens with zero attached hydrogens (tertiary/aromatic N) is 1. The van der Waals surface area contributed by atoms with Gasteiger partial charge in [0.2, 0.25) is 0 Å². The fourth-order valence-electron chi connectivity index (χ4n) is 3.31. The van der Waals surface area contributed by atoms with Crippen molar-refractivity contribution in [1.29, 1.82) is 0 Å². The van der Waals surface area contributed by atoms with Gasteiger partial charge >= 0.3 is 0 Å². The number of aromatic hydroxyl groups is 1. The van der Waals surface area contributed by atoms with Crippen LogP contribution < -0.4 is 0 Å². The van der Waals surface area contributed by atoms with Crippen molar-refractivity contribution in [3.8, 4) is 5.75 Å². The zero-order valence-corrected chi connectivity index (χ0v) is 14.8. The molecule has 1 N–H and O–H groups in total. The fraction of sp³-hybridized carbons (Fsp3) is 0.625. The largest absolute Gasteiger partial charge is 0.506 e. The number of benzene rings is 1. The van der Waals surface area contributed by atoms with Crippen molar-refractivity contribution in [3.63, 3.8) is 0 Å². The van der Waals surface area contributed by atoms with Crippen LogP contribution in [0, 0.1) is 0 Å². The average molecular weight is 403 g/mol. The van der Waals surface area contributed by atoms with E-state index in [-0.39, 0.29) is 0 Å². The molecule has 3 rings (SSSR count). The molecule has 2 aliphatic carbocycles. The molecule has 0 bridgehead atoms. The second-order valence-electron chi connectivity index (χ2n) is 6.09. The molecule has 110 valence electrons. The van der Waals surface area contributed by atoms with Gasteiger partial charge in [-0.1, -0.05) is 35.2 Å². The van der Waals surface area contributed by atoms with Gasteiger partial charge in [-0.3, -0.25) is 4.90 Å².